The lowest BCUT2D eigenvalue weighted by atomic mass is 10.3. The van der Waals surface area contributed by atoms with Gasteiger partial charge in [-0.1, -0.05) is 23.2 Å². The highest BCUT2D eigenvalue weighted by Crippen LogP contribution is 2.20. The Labute approximate surface area is 131 Å². The Morgan fingerprint density at radius 1 is 0.905 bits per heavy atom. The van der Waals surface area contributed by atoms with Gasteiger partial charge in [0.05, 0.1) is 5.69 Å². The maximum Gasteiger partial charge on any atom is 0.334 e. The largest absolute Gasteiger partial charge is 0.351 e. The van der Waals surface area contributed by atoms with Crippen LogP contribution in [0.5, 0.6) is 0 Å². The van der Waals surface area contributed by atoms with E-state index in [1.165, 1.54) is 12.1 Å². The molecule has 2 aromatic rings. The summed E-state index contributed by atoms with van der Waals surface area (Å²) in [5, 5.41) is 3.58. The van der Waals surface area contributed by atoms with E-state index in [0.717, 1.165) is 4.90 Å². The minimum Gasteiger partial charge on any atom is -0.351 e. The van der Waals surface area contributed by atoms with Crippen LogP contribution in [0.2, 0.25) is 10.0 Å². The zero-order valence-corrected chi connectivity index (χ0v) is 12.2. The van der Waals surface area contributed by atoms with Crippen LogP contribution in [0.3, 0.4) is 0 Å². The first kappa shape index (κ1) is 15.2. The van der Waals surface area contributed by atoms with E-state index in [9.17, 15) is 9.59 Å². The molecule has 21 heavy (non-hydrogen) atoms. The highest BCUT2D eigenvalue weighted by atomic mass is 35.5. The molecule has 108 valence electrons. The summed E-state index contributed by atoms with van der Waals surface area (Å²) in [6.45, 7) is 0. The quantitative estimate of drug-likeness (QED) is 0.872. The second-order valence-corrected chi connectivity index (χ2v) is 4.96. The molecule has 4 amide bonds. The summed E-state index contributed by atoms with van der Waals surface area (Å²) in [5.41, 5.74) is 6.07. The Morgan fingerprint density at radius 2 is 1.38 bits per heavy atom. The summed E-state index contributed by atoms with van der Waals surface area (Å²) in [6.07, 6.45) is 0. The molecule has 2 aromatic carbocycles. The fourth-order valence-corrected chi connectivity index (χ4v) is 1.90. The maximum atomic E-state index is 12.2. The number of urea groups is 2. The second-order valence-electron chi connectivity index (χ2n) is 4.09. The van der Waals surface area contributed by atoms with Gasteiger partial charge >= 0.3 is 12.1 Å². The Morgan fingerprint density at radius 3 is 1.86 bits per heavy atom. The number of carbonyl (C=O) groups excluding carboxylic acids is 2. The van der Waals surface area contributed by atoms with Gasteiger partial charge in [0.1, 0.15) is 0 Å². The lowest BCUT2D eigenvalue weighted by Gasteiger charge is -2.19. The fourth-order valence-electron chi connectivity index (χ4n) is 1.65. The van der Waals surface area contributed by atoms with Crippen LogP contribution in [-0.2, 0) is 0 Å². The average molecular weight is 324 g/mol. The molecule has 5 nitrogen and oxygen atoms in total. The van der Waals surface area contributed by atoms with Crippen molar-refractivity contribution in [1.29, 1.82) is 0 Å². The predicted molar refractivity (Wildman–Crippen MR) is 84.0 cm³/mol. The molecule has 0 fully saturated rings. The molecule has 0 aliphatic carbocycles. The summed E-state index contributed by atoms with van der Waals surface area (Å²) in [6, 6.07) is 11.1. The van der Waals surface area contributed by atoms with Gasteiger partial charge in [-0.2, -0.15) is 0 Å². The lowest BCUT2D eigenvalue weighted by Crippen LogP contribution is -2.43. The summed E-state index contributed by atoms with van der Waals surface area (Å²) in [5.74, 6) is 0. The van der Waals surface area contributed by atoms with E-state index in [4.69, 9.17) is 28.9 Å². The third kappa shape index (κ3) is 3.87. The topological polar surface area (TPSA) is 75.4 Å². The van der Waals surface area contributed by atoms with Crippen LogP contribution >= 0.6 is 23.2 Å². The normalized spacial score (nSPS) is 10.0. The number of nitrogens with two attached hydrogens (primary N) is 1. The fraction of sp³-hybridized carbons (Fsp3) is 0. The molecule has 0 saturated carbocycles. The van der Waals surface area contributed by atoms with Crippen LogP contribution in [0.25, 0.3) is 0 Å². The monoisotopic (exact) mass is 323 g/mol. The molecule has 3 N–H and O–H groups in total. The van der Waals surface area contributed by atoms with Gasteiger partial charge in [0.15, 0.2) is 0 Å². The molecule has 0 radical (unpaired) electrons. The van der Waals surface area contributed by atoms with E-state index < -0.39 is 12.1 Å². The second kappa shape index (κ2) is 6.47. The highest BCUT2D eigenvalue weighted by molar-refractivity contribution is 6.31. The van der Waals surface area contributed by atoms with Crippen molar-refractivity contribution in [3.63, 3.8) is 0 Å². The van der Waals surface area contributed by atoms with E-state index in [-0.39, 0.29) is 0 Å². The molecule has 7 heteroatoms. The van der Waals surface area contributed by atoms with Gasteiger partial charge in [0.2, 0.25) is 0 Å². The van der Waals surface area contributed by atoms with Crippen molar-refractivity contribution in [1.82, 2.24) is 0 Å². The molecule has 0 atom stereocenters. The van der Waals surface area contributed by atoms with Crippen molar-refractivity contribution in [3.8, 4) is 0 Å². The number of imide groups is 1. The summed E-state index contributed by atoms with van der Waals surface area (Å²) >= 11 is 11.5. The summed E-state index contributed by atoms with van der Waals surface area (Å²) < 4.78 is 0. The van der Waals surface area contributed by atoms with Crippen LogP contribution < -0.4 is 16.0 Å². The molecule has 0 spiro atoms. The number of halogens is 2. The van der Waals surface area contributed by atoms with E-state index >= 15 is 0 Å². The summed E-state index contributed by atoms with van der Waals surface area (Å²) in [7, 11) is 0. The van der Waals surface area contributed by atoms with Crippen molar-refractivity contribution in [2.75, 3.05) is 10.2 Å². The number of nitrogens with one attached hydrogen (secondary N) is 1. The lowest BCUT2D eigenvalue weighted by molar-refractivity contribution is 0.245. The van der Waals surface area contributed by atoms with Crippen LogP contribution in [0, 0.1) is 0 Å². The summed E-state index contributed by atoms with van der Waals surface area (Å²) in [4.78, 5) is 24.5. The first-order valence-corrected chi connectivity index (χ1v) is 6.64. The highest BCUT2D eigenvalue weighted by Gasteiger charge is 2.21. The van der Waals surface area contributed by atoms with Crippen LogP contribution in [0.4, 0.5) is 21.0 Å². The molecule has 0 unspecified atom stereocenters. The van der Waals surface area contributed by atoms with Gasteiger partial charge < -0.3 is 11.1 Å². The molecular formula is C14H11Cl2N3O2. The Bertz CT molecular complexity index is 657. The van der Waals surface area contributed by atoms with Gasteiger partial charge in [0, 0.05) is 15.7 Å². The molecule has 0 aromatic heterocycles. The number of carbonyl (C=O) groups is 2. The Balaban J connectivity index is 2.22. The standard InChI is InChI=1S/C14H11Cl2N3O2/c15-9-1-5-11(6-2-9)18-14(21)19(13(17)20)12-7-3-10(16)4-8-12/h1-8H,(H2,17,20)(H,18,21). The Hall–Kier alpha value is -2.24. The van der Waals surface area contributed by atoms with Crippen LogP contribution in [-0.4, -0.2) is 12.1 Å². The zero-order valence-electron chi connectivity index (χ0n) is 10.7. The van der Waals surface area contributed by atoms with Crippen molar-refractivity contribution in [2.24, 2.45) is 5.73 Å². The molecular weight excluding hydrogens is 313 g/mol. The minimum absolute atomic E-state index is 0.318. The zero-order chi connectivity index (χ0) is 15.4. The smallest absolute Gasteiger partial charge is 0.334 e. The number of primary amides is 1. The van der Waals surface area contributed by atoms with Gasteiger partial charge in [-0.3, -0.25) is 0 Å². The molecule has 2 rings (SSSR count). The van der Waals surface area contributed by atoms with Crippen LogP contribution in [0.1, 0.15) is 0 Å². The van der Waals surface area contributed by atoms with Crippen molar-refractivity contribution in [3.05, 3.63) is 58.6 Å². The number of benzene rings is 2. The van der Waals surface area contributed by atoms with Crippen molar-refractivity contribution >= 4 is 46.6 Å². The van der Waals surface area contributed by atoms with E-state index in [1.807, 2.05) is 0 Å². The number of amides is 4. The first-order valence-electron chi connectivity index (χ1n) is 5.89. The molecule has 0 saturated heterocycles. The SMILES string of the molecule is NC(=O)N(C(=O)Nc1ccc(Cl)cc1)c1ccc(Cl)cc1. The number of anilines is 2. The Kier molecular flexibility index (Phi) is 4.67. The van der Waals surface area contributed by atoms with E-state index in [1.54, 1.807) is 36.4 Å². The third-order valence-electron chi connectivity index (χ3n) is 2.60. The number of nitrogens with zero attached hydrogens (tertiary/aromatic N) is 1. The maximum absolute atomic E-state index is 12.2. The molecule has 0 aliphatic rings. The molecule has 0 heterocycles. The first-order chi connectivity index (χ1) is 9.97. The number of hydrogen-bond acceptors (Lipinski definition) is 2. The van der Waals surface area contributed by atoms with Crippen LogP contribution in [0.15, 0.2) is 48.5 Å². The van der Waals surface area contributed by atoms with E-state index in [0.29, 0.717) is 21.4 Å². The third-order valence-corrected chi connectivity index (χ3v) is 3.11. The number of rotatable bonds is 2. The molecule has 0 aliphatic heterocycles. The van der Waals surface area contributed by atoms with Gasteiger partial charge in [-0.15, -0.1) is 0 Å². The van der Waals surface area contributed by atoms with Crippen molar-refractivity contribution in [2.45, 2.75) is 0 Å². The van der Waals surface area contributed by atoms with Gasteiger partial charge in [-0.25, -0.2) is 14.5 Å². The molecule has 0 bridgehead atoms. The van der Waals surface area contributed by atoms with Crippen molar-refractivity contribution < 1.29 is 9.59 Å². The van der Waals surface area contributed by atoms with Gasteiger partial charge in [0.25, 0.3) is 0 Å². The minimum atomic E-state index is -0.899. The number of hydrogen-bond donors (Lipinski definition) is 2. The van der Waals surface area contributed by atoms with E-state index in [2.05, 4.69) is 5.32 Å². The average Bonchev–Trinajstić information content (AvgIpc) is 2.43. The predicted octanol–water partition coefficient (Wildman–Crippen LogP) is 4.11. The van der Waals surface area contributed by atoms with Gasteiger partial charge in [-0.05, 0) is 48.5 Å².